The molecule has 1 atom stereocenters. The fourth-order valence-electron chi connectivity index (χ4n) is 1.46. The summed E-state index contributed by atoms with van der Waals surface area (Å²) in [6.07, 6.45) is 0.871. The van der Waals surface area contributed by atoms with E-state index in [0.717, 1.165) is 0 Å². The summed E-state index contributed by atoms with van der Waals surface area (Å²) in [5.41, 5.74) is -0.560. The lowest BCUT2D eigenvalue weighted by Crippen LogP contribution is -2.38. The number of carboxylic acids is 1. The fraction of sp³-hybridized carbons (Fsp3) is 0.538. The molecule has 0 saturated carbocycles. The van der Waals surface area contributed by atoms with Crippen LogP contribution in [0.25, 0.3) is 0 Å². The number of furan rings is 1. The number of hydrogen-bond acceptors (Lipinski definition) is 5. The zero-order valence-corrected chi connectivity index (χ0v) is 11.8. The zero-order valence-electron chi connectivity index (χ0n) is 11.8. The Morgan fingerprint density at radius 2 is 2.10 bits per heavy atom. The highest BCUT2D eigenvalue weighted by molar-refractivity contribution is 5.74. The molecule has 7 heteroatoms. The van der Waals surface area contributed by atoms with Gasteiger partial charge in [0.05, 0.1) is 6.26 Å². The van der Waals surface area contributed by atoms with E-state index in [1.807, 2.05) is 0 Å². The zero-order chi connectivity index (χ0) is 15.2. The minimum absolute atomic E-state index is 0.249. The number of amides is 1. The van der Waals surface area contributed by atoms with E-state index in [1.54, 1.807) is 32.9 Å². The third-order valence-corrected chi connectivity index (χ3v) is 2.22. The standard InChI is InChI=1S/C13H20N2O5/c1-13(2,3)20-12(18)15-7-6-14-10(11(16)17)9-5-4-8-19-9/h4-5,8,10,14H,6-7H2,1-3H3,(H,15,18)(H,16,17). The second-order valence-corrected chi connectivity index (χ2v) is 5.17. The van der Waals surface area contributed by atoms with E-state index in [0.29, 0.717) is 5.76 Å². The van der Waals surface area contributed by atoms with Crippen LogP contribution in [0.1, 0.15) is 32.6 Å². The predicted octanol–water partition coefficient (Wildman–Crippen LogP) is 1.52. The van der Waals surface area contributed by atoms with Gasteiger partial charge in [-0.2, -0.15) is 0 Å². The minimum atomic E-state index is -1.04. The lowest BCUT2D eigenvalue weighted by atomic mass is 10.2. The van der Waals surface area contributed by atoms with Crippen molar-refractivity contribution in [1.82, 2.24) is 10.6 Å². The van der Waals surface area contributed by atoms with Gasteiger partial charge >= 0.3 is 12.1 Å². The van der Waals surface area contributed by atoms with Gasteiger partial charge in [-0.3, -0.25) is 10.1 Å². The predicted molar refractivity (Wildman–Crippen MR) is 71.3 cm³/mol. The van der Waals surface area contributed by atoms with Crippen LogP contribution < -0.4 is 10.6 Å². The fourth-order valence-corrected chi connectivity index (χ4v) is 1.46. The van der Waals surface area contributed by atoms with E-state index >= 15 is 0 Å². The molecule has 0 radical (unpaired) electrons. The second kappa shape index (κ2) is 6.95. The normalized spacial score (nSPS) is 12.8. The Kier molecular flexibility index (Phi) is 5.57. The van der Waals surface area contributed by atoms with Gasteiger partial charge in [-0.1, -0.05) is 0 Å². The van der Waals surface area contributed by atoms with Crippen LogP contribution in [0.15, 0.2) is 22.8 Å². The monoisotopic (exact) mass is 284 g/mol. The number of carbonyl (C=O) groups excluding carboxylic acids is 1. The molecule has 7 nitrogen and oxygen atoms in total. The Morgan fingerprint density at radius 1 is 1.40 bits per heavy atom. The van der Waals surface area contributed by atoms with Gasteiger partial charge < -0.3 is 19.6 Å². The van der Waals surface area contributed by atoms with E-state index in [9.17, 15) is 9.59 Å². The summed E-state index contributed by atoms with van der Waals surface area (Å²) in [6, 6.07) is 2.25. The Labute approximate surface area is 117 Å². The van der Waals surface area contributed by atoms with Gasteiger partial charge in [0.2, 0.25) is 0 Å². The van der Waals surface area contributed by atoms with E-state index in [4.69, 9.17) is 14.3 Å². The highest BCUT2D eigenvalue weighted by atomic mass is 16.6. The quantitative estimate of drug-likeness (QED) is 0.685. The highest BCUT2D eigenvalue weighted by Crippen LogP contribution is 2.13. The summed E-state index contributed by atoms with van der Waals surface area (Å²) in [5, 5.41) is 14.4. The Balaban J connectivity index is 2.32. The van der Waals surface area contributed by atoms with Crippen LogP contribution in [0.5, 0.6) is 0 Å². The van der Waals surface area contributed by atoms with E-state index in [-0.39, 0.29) is 13.1 Å². The largest absolute Gasteiger partial charge is 0.480 e. The molecule has 0 bridgehead atoms. The first-order valence-electron chi connectivity index (χ1n) is 6.26. The number of hydrogen-bond donors (Lipinski definition) is 3. The van der Waals surface area contributed by atoms with Gasteiger partial charge in [0, 0.05) is 13.1 Å². The van der Waals surface area contributed by atoms with Gasteiger partial charge in [-0.05, 0) is 32.9 Å². The third-order valence-electron chi connectivity index (χ3n) is 2.22. The lowest BCUT2D eigenvalue weighted by Gasteiger charge is -2.20. The van der Waals surface area contributed by atoms with Crippen LogP contribution >= 0.6 is 0 Å². The summed E-state index contributed by atoms with van der Waals surface area (Å²) in [4.78, 5) is 22.4. The Bertz CT molecular complexity index is 436. The van der Waals surface area contributed by atoms with Crippen molar-refractivity contribution in [3.63, 3.8) is 0 Å². The maximum Gasteiger partial charge on any atom is 0.407 e. The Hall–Kier alpha value is -2.02. The molecule has 112 valence electrons. The number of alkyl carbamates (subject to hydrolysis) is 1. The van der Waals surface area contributed by atoms with Gasteiger partial charge in [0.25, 0.3) is 0 Å². The van der Waals surface area contributed by atoms with E-state index in [2.05, 4.69) is 10.6 Å². The summed E-state index contributed by atoms with van der Waals surface area (Å²) < 4.78 is 10.1. The molecule has 1 aromatic heterocycles. The molecule has 1 rings (SSSR count). The van der Waals surface area contributed by atoms with Crippen LogP contribution in [0.3, 0.4) is 0 Å². The third kappa shape index (κ3) is 5.75. The molecule has 1 amide bonds. The lowest BCUT2D eigenvalue weighted by molar-refractivity contribution is -0.140. The first kappa shape index (κ1) is 16.0. The summed E-state index contributed by atoms with van der Waals surface area (Å²) in [6.45, 7) is 5.82. The van der Waals surface area contributed by atoms with E-state index in [1.165, 1.54) is 6.26 Å². The molecule has 3 N–H and O–H groups in total. The van der Waals surface area contributed by atoms with Crippen LogP contribution in [0, 0.1) is 0 Å². The van der Waals surface area contributed by atoms with Crippen molar-refractivity contribution >= 4 is 12.1 Å². The number of rotatable bonds is 6. The van der Waals surface area contributed by atoms with Crippen LogP contribution in [0.4, 0.5) is 4.79 Å². The van der Waals surface area contributed by atoms with Crippen LogP contribution in [0.2, 0.25) is 0 Å². The molecule has 0 fully saturated rings. The van der Waals surface area contributed by atoms with Gasteiger partial charge in [0.15, 0.2) is 6.04 Å². The van der Waals surface area contributed by atoms with Gasteiger partial charge in [-0.25, -0.2) is 4.79 Å². The molecule has 0 aliphatic carbocycles. The maximum atomic E-state index is 11.4. The van der Waals surface area contributed by atoms with Gasteiger partial charge in [0.1, 0.15) is 11.4 Å². The highest BCUT2D eigenvalue weighted by Gasteiger charge is 2.21. The molecule has 1 aromatic rings. The first-order valence-corrected chi connectivity index (χ1v) is 6.26. The SMILES string of the molecule is CC(C)(C)OC(=O)NCCNC(C(=O)O)c1ccco1. The number of nitrogens with one attached hydrogen (secondary N) is 2. The van der Waals surface area contributed by atoms with Crippen molar-refractivity contribution in [3.8, 4) is 0 Å². The average molecular weight is 284 g/mol. The van der Waals surface area contributed by atoms with Crippen molar-refractivity contribution in [3.05, 3.63) is 24.2 Å². The molecule has 0 spiro atoms. The molecule has 1 heterocycles. The van der Waals surface area contributed by atoms with Crippen molar-refractivity contribution < 1.29 is 23.8 Å². The van der Waals surface area contributed by atoms with Crippen molar-refractivity contribution in [2.45, 2.75) is 32.4 Å². The molecular formula is C13H20N2O5. The molecule has 0 aliphatic rings. The molecular weight excluding hydrogens is 264 g/mol. The number of aliphatic carboxylic acids is 1. The van der Waals surface area contributed by atoms with Crippen molar-refractivity contribution in [2.75, 3.05) is 13.1 Å². The molecule has 20 heavy (non-hydrogen) atoms. The average Bonchev–Trinajstić information content (AvgIpc) is 2.79. The second-order valence-electron chi connectivity index (χ2n) is 5.17. The van der Waals surface area contributed by atoms with Crippen LogP contribution in [-0.4, -0.2) is 35.9 Å². The first-order chi connectivity index (χ1) is 9.29. The summed E-state index contributed by atoms with van der Waals surface area (Å²) >= 11 is 0. The summed E-state index contributed by atoms with van der Waals surface area (Å²) in [7, 11) is 0. The van der Waals surface area contributed by atoms with Crippen LogP contribution in [-0.2, 0) is 9.53 Å². The minimum Gasteiger partial charge on any atom is -0.480 e. The molecule has 0 saturated heterocycles. The number of carbonyl (C=O) groups is 2. The van der Waals surface area contributed by atoms with Crippen molar-refractivity contribution in [2.24, 2.45) is 0 Å². The van der Waals surface area contributed by atoms with E-state index < -0.39 is 23.7 Å². The number of ether oxygens (including phenoxy) is 1. The topological polar surface area (TPSA) is 101 Å². The number of carboxylic acid groups (broad SMARTS) is 1. The maximum absolute atomic E-state index is 11.4. The smallest absolute Gasteiger partial charge is 0.407 e. The molecule has 0 aromatic carbocycles. The Morgan fingerprint density at radius 3 is 2.60 bits per heavy atom. The van der Waals surface area contributed by atoms with Crippen molar-refractivity contribution in [1.29, 1.82) is 0 Å². The van der Waals surface area contributed by atoms with Gasteiger partial charge in [-0.15, -0.1) is 0 Å². The summed E-state index contributed by atoms with van der Waals surface area (Å²) in [5.74, 6) is -0.730. The molecule has 1 unspecified atom stereocenters. The molecule has 0 aliphatic heterocycles.